The third-order valence-corrected chi connectivity index (χ3v) is 4.86. The Morgan fingerprint density at radius 1 is 1.40 bits per heavy atom. The Morgan fingerprint density at radius 3 is 2.70 bits per heavy atom. The number of hydrogen-bond donors (Lipinski definition) is 1. The predicted molar refractivity (Wildman–Crippen MR) is 82.9 cm³/mol. The van der Waals surface area contributed by atoms with Crippen molar-refractivity contribution in [1.29, 1.82) is 0 Å². The molecular weight excluding hydrogens is 320 g/mol. The van der Waals surface area contributed by atoms with E-state index >= 15 is 0 Å². The first kappa shape index (κ1) is 15.7. The fourth-order valence-electron chi connectivity index (χ4n) is 3.03. The second-order valence-electron chi connectivity index (χ2n) is 5.52. The lowest BCUT2D eigenvalue weighted by Gasteiger charge is -2.28. The van der Waals surface area contributed by atoms with E-state index in [1.165, 1.54) is 19.3 Å². The molecule has 0 radical (unpaired) electrons. The number of halogens is 1. The largest absolute Gasteiger partial charge is 0.373 e. The van der Waals surface area contributed by atoms with Gasteiger partial charge in [-0.2, -0.15) is 0 Å². The molecular formula is C15H23BrN2O2. The first-order valence-electron chi connectivity index (χ1n) is 7.48. The molecule has 0 bridgehead atoms. The molecule has 1 fully saturated rings. The van der Waals surface area contributed by atoms with Crippen LogP contribution in [-0.4, -0.2) is 17.1 Å². The summed E-state index contributed by atoms with van der Waals surface area (Å²) >= 11 is 3.34. The molecule has 0 aromatic carbocycles. The molecule has 1 N–H and O–H groups in total. The van der Waals surface area contributed by atoms with Crippen LogP contribution >= 0.6 is 15.9 Å². The van der Waals surface area contributed by atoms with Crippen molar-refractivity contribution in [3.63, 3.8) is 0 Å². The molecule has 0 spiro atoms. The lowest BCUT2D eigenvalue weighted by atomic mass is 9.85. The van der Waals surface area contributed by atoms with E-state index in [1.807, 2.05) is 0 Å². The van der Waals surface area contributed by atoms with Crippen LogP contribution in [0.5, 0.6) is 0 Å². The number of aryl methyl sites for hydroxylation is 1. The van der Waals surface area contributed by atoms with Gasteiger partial charge in [0.1, 0.15) is 16.4 Å². The molecule has 1 aromatic rings. The van der Waals surface area contributed by atoms with Crippen LogP contribution in [-0.2, 0) is 11.2 Å². The lowest BCUT2D eigenvalue weighted by Crippen LogP contribution is -2.24. The number of methoxy groups -OCH3 is 1. The van der Waals surface area contributed by atoms with Crippen molar-refractivity contribution in [3.05, 3.63) is 26.3 Å². The Bertz CT molecular complexity index is 495. The number of H-pyrrole nitrogens is 1. The van der Waals surface area contributed by atoms with Gasteiger partial charge in [0.2, 0.25) is 0 Å². The highest BCUT2D eigenvalue weighted by molar-refractivity contribution is 9.10. The molecule has 20 heavy (non-hydrogen) atoms. The van der Waals surface area contributed by atoms with Crippen molar-refractivity contribution >= 4 is 15.9 Å². The Labute approximate surface area is 128 Å². The summed E-state index contributed by atoms with van der Waals surface area (Å²) < 4.78 is 6.21. The van der Waals surface area contributed by atoms with Crippen LogP contribution in [0, 0.1) is 5.92 Å². The van der Waals surface area contributed by atoms with Crippen molar-refractivity contribution in [2.75, 3.05) is 7.11 Å². The maximum Gasteiger partial charge on any atom is 0.265 e. The highest BCUT2D eigenvalue weighted by atomic mass is 79.9. The maximum atomic E-state index is 12.0. The number of nitrogens with zero attached hydrogens (tertiary/aromatic N) is 1. The van der Waals surface area contributed by atoms with E-state index in [9.17, 15) is 4.79 Å². The second-order valence-corrected chi connectivity index (χ2v) is 6.31. The number of rotatable bonds is 5. The van der Waals surface area contributed by atoms with E-state index < -0.39 is 0 Å². The predicted octanol–water partition coefficient (Wildman–Crippen LogP) is 3.75. The van der Waals surface area contributed by atoms with Crippen molar-refractivity contribution in [3.8, 4) is 0 Å². The first-order valence-corrected chi connectivity index (χ1v) is 8.28. The number of ether oxygens (including phenoxy) is 1. The molecule has 0 saturated heterocycles. The van der Waals surface area contributed by atoms with E-state index in [-0.39, 0.29) is 11.7 Å². The average Bonchev–Trinajstić information content (AvgIpc) is 2.46. The van der Waals surface area contributed by atoms with E-state index in [2.05, 4.69) is 32.8 Å². The Hall–Kier alpha value is -0.680. The minimum absolute atomic E-state index is 0.0910. The molecule has 1 atom stereocenters. The van der Waals surface area contributed by atoms with Gasteiger partial charge >= 0.3 is 0 Å². The highest BCUT2D eigenvalue weighted by Crippen LogP contribution is 2.35. The number of aromatic nitrogens is 2. The smallest absolute Gasteiger partial charge is 0.265 e. The molecule has 4 nitrogen and oxygen atoms in total. The van der Waals surface area contributed by atoms with Gasteiger partial charge in [0, 0.05) is 7.11 Å². The van der Waals surface area contributed by atoms with Gasteiger partial charge in [-0.15, -0.1) is 0 Å². The molecule has 0 amide bonds. The van der Waals surface area contributed by atoms with Crippen LogP contribution < -0.4 is 5.56 Å². The summed E-state index contributed by atoms with van der Waals surface area (Å²) in [4.78, 5) is 19.6. The summed E-state index contributed by atoms with van der Waals surface area (Å²) in [5.74, 6) is 1.16. The molecule has 5 heteroatoms. The van der Waals surface area contributed by atoms with Gasteiger partial charge in [-0.1, -0.05) is 32.6 Å². The highest BCUT2D eigenvalue weighted by Gasteiger charge is 2.27. The molecule has 1 saturated carbocycles. The molecule has 112 valence electrons. The van der Waals surface area contributed by atoms with Gasteiger partial charge in [0.25, 0.3) is 5.56 Å². The summed E-state index contributed by atoms with van der Waals surface area (Å²) in [7, 11) is 1.71. The van der Waals surface area contributed by atoms with Gasteiger partial charge in [0.15, 0.2) is 0 Å². The molecule has 1 heterocycles. The third kappa shape index (κ3) is 3.50. The summed E-state index contributed by atoms with van der Waals surface area (Å²) in [5, 5.41) is 0. The minimum atomic E-state index is -0.101. The van der Waals surface area contributed by atoms with Crippen LogP contribution in [0.25, 0.3) is 0 Å². The molecule has 1 aromatic heterocycles. The Morgan fingerprint density at radius 2 is 2.10 bits per heavy atom. The van der Waals surface area contributed by atoms with Crippen molar-refractivity contribution in [1.82, 2.24) is 9.97 Å². The Balaban J connectivity index is 2.31. The van der Waals surface area contributed by atoms with E-state index in [0.29, 0.717) is 16.2 Å². The summed E-state index contributed by atoms with van der Waals surface area (Å²) in [6.07, 6.45) is 7.78. The van der Waals surface area contributed by atoms with Crippen LogP contribution in [0.2, 0.25) is 0 Å². The zero-order valence-corrected chi connectivity index (χ0v) is 13.8. The SMILES string of the molecule is CCCc1nc(C(OC)C2CCCCC2)[nH]c(=O)c1Br. The van der Waals surface area contributed by atoms with Crippen LogP contribution in [0.4, 0.5) is 0 Å². The molecule has 2 rings (SSSR count). The summed E-state index contributed by atoms with van der Waals surface area (Å²) in [5.41, 5.74) is 0.736. The van der Waals surface area contributed by atoms with Gasteiger partial charge in [0.05, 0.1) is 5.69 Å². The van der Waals surface area contributed by atoms with Gasteiger partial charge in [-0.3, -0.25) is 4.79 Å². The van der Waals surface area contributed by atoms with Crippen molar-refractivity contribution < 1.29 is 4.74 Å². The minimum Gasteiger partial charge on any atom is -0.373 e. The third-order valence-electron chi connectivity index (χ3n) is 4.04. The van der Waals surface area contributed by atoms with E-state index in [0.717, 1.165) is 31.4 Å². The van der Waals surface area contributed by atoms with E-state index in [4.69, 9.17) is 4.74 Å². The summed E-state index contributed by atoms with van der Waals surface area (Å²) in [6, 6.07) is 0. The zero-order chi connectivity index (χ0) is 14.5. The van der Waals surface area contributed by atoms with Gasteiger partial charge < -0.3 is 9.72 Å². The monoisotopic (exact) mass is 342 g/mol. The zero-order valence-electron chi connectivity index (χ0n) is 12.2. The van der Waals surface area contributed by atoms with Crippen LogP contribution in [0.1, 0.15) is 63.1 Å². The number of nitrogens with one attached hydrogen (secondary N) is 1. The number of aromatic amines is 1. The quantitative estimate of drug-likeness (QED) is 0.886. The van der Waals surface area contributed by atoms with Crippen molar-refractivity contribution in [2.24, 2.45) is 5.92 Å². The Kier molecular flexibility index (Phi) is 5.78. The first-order chi connectivity index (χ1) is 9.67. The van der Waals surface area contributed by atoms with Crippen LogP contribution in [0.15, 0.2) is 9.27 Å². The van der Waals surface area contributed by atoms with Crippen molar-refractivity contribution in [2.45, 2.75) is 58.0 Å². The standard InChI is InChI=1S/C15H23BrN2O2/c1-3-7-11-12(16)15(19)18-14(17-11)13(20-2)10-8-5-4-6-9-10/h10,13H,3-9H2,1-2H3,(H,17,18,19). The van der Waals surface area contributed by atoms with Gasteiger partial charge in [-0.05, 0) is 41.1 Å². The molecule has 1 aliphatic rings. The van der Waals surface area contributed by atoms with E-state index in [1.54, 1.807) is 7.11 Å². The lowest BCUT2D eigenvalue weighted by molar-refractivity contribution is 0.0285. The normalized spacial score (nSPS) is 18.1. The average molecular weight is 343 g/mol. The topological polar surface area (TPSA) is 55.0 Å². The van der Waals surface area contributed by atoms with Gasteiger partial charge in [-0.25, -0.2) is 4.98 Å². The maximum absolute atomic E-state index is 12.0. The fraction of sp³-hybridized carbons (Fsp3) is 0.733. The molecule has 1 aliphatic carbocycles. The second kappa shape index (κ2) is 7.36. The molecule has 1 unspecified atom stereocenters. The molecule has 0 aliphatic heterocycles. The summed E-state index contributed by atoms with van der Waals surface area (Å²) in [6.45, 7) is 2.09. The fourth-order valence-corrected chi connectivity index (χ4v) is 3.41. The van der Waals surface area contributed by atoms with Crippen LogP contribution in [0.3, 0.4) is 0 Å². The number of hydrogen-bond acceptors (Lipinski definition) is 3.